The molecule has 0 bridgehead atoms. The number of allylic oxidation sites excluding steroid dienone is 2. The van der Waals surface area contributed by atoms with Crippen LogP contribution in [0.4, 0.5) is 5.82 Å². The van der Waals surface area contributed by atoms with Crippen LogP contribution < -0.4 is 21.6 Å². The fraction of sp³-hybridized carbons (Fsp3) is 0.217. The number of rotatable bonds is 3. The highest BCUT2D eigenvalue weighted by molar-refractivity contribution is 6.36. The molecule has 8 nitrogen and oxygen atoms in total. The molecule has 1 amide bonds. The Labute approximate surface area is 185 Å². The van der Waals surface area contributed by atoms with E-state index in [9.17, 15) is 9.59 Å². The maximum atomic E-state index is 11.8. The number of nitrogens with zero attached hydrogens (tertiary/aromatic N) is 4. The van der Waals surface area contributed by atoms with E-state index in [2.05, 4.69) is 11.7 Å². The first-order chi connectivity index (χ1) is 15.3. The Morgan fingerprint density at radius 2 is 2.09 bits per heavy atom. The minimum absolute atomic E-state index is 0.216. The Balaban J connectivity index is 1.80. The van der Waals surface area contributed by atoms with Gasteiger partial charge in [0, 0.05) is 30.3 Å². The van der Waals surface area contributed by atoms with E-state index < -0.39 is 11.9 Å². The highest BCUT2D eigenvalue weighted by Gasteiger charge is 2.33. The molecule has 4 rings (SSSR count). The summed E-state index contributed by atoms with van der Waals surface area (Å²) in [5.74, 6) is -2.36. The molecule has 0 aliphatic carbocycles. The highest BCUT2D eigenvalue weighted by Crippen LogP contribution is 2.28. The van der Waals surface area contributed by atoms with Crippen molar-refractivity contribution in [2.45, 2.75) is 19.3 Å². The highest BCUT2D eigenvalue weighted by atomic mass is 16.4. The van der Waals surface area contributed by atoms with E-state index in [0.29, 0.717) is 24.3 Å². The maximum Gasteiger partial charge on any atom is 0.394 e. The van der Waals surface area contributed by atoms with Gasteiger partial charge in [-0.05, 0) is 40.9 Å². The van der Waals surface area contributed by atoms with Gasteiger partial charge in [0.2, 0.25) is 0 Å². The monoisotopic (exact) mass is 427 g/mol. The Kier molecular flexibility index (Phi) is 5.56. The van der Waals surface area contributed by atoms with Crippen LogP contribution in [-0.4, -0.2) is 57.4 Å². The van der Waals surface area contributed by atoms with E-state index in [0.717, 1.165) is 21.6 Å². The van der Waals surface area contributed by atoms with Crippen LogP contribution in [0.1, 0.15) is 30.5 Å². The van der Waals surface area contributed by atoms with Gasteiger partial charge in [-0.2, -0.15) is 9.61 Å². The molecule has 0 spiro atoms. The molecule has 160 valence electrons. The largest absolute Gasteiger partial charge is 0.474 e. The van der Waals surface area contributed by atoms with Gasteiger partial charge in [-0.25, -0.2) is 9.78 Å². The first-order valence-electron chi connectivity index (χ1n) is 10.2. The van der Waals surface area contributed by atoms with Crippen molar-refractivity contribution in [2.24, 2.45) is 0 Å². The molecule has 1 atom stereocenters. The van der Waals surface area contributed by atoms with Crippen LogP contribution in [0, 0.1) is 0 Å². The molecule has 1 aromatic carbocycles. The quantitative estimate of drug-likeness (QED) is 0.442. The summed E-state index contributed by atoms with van der Waals surface area (Å²) in [7, 11) is 6.27. The van der Waals surface area contributed by atoms with Crippen LogP contribution in [0.5, 0.6) is 0 Å². The zero-order valence-electron chi connectivity index (χ0n) is 17.7. The summed E-state index contributed by atoms with van der Waals surface area (Å²) in [6.45, 7) is 6.54. The van der Waals surface area contributed by atoms with Gasteiger partial charge in [0.05, 0.1) is 6.20 Å². The number of carbonyl (C=O) groups is 2. The third-order valence-corrected chi connectivity index (χ3v) is 5.78. The lowest BCUT2D eigenvalue weighted by molar-refractivity contribution is -0.155. The van der Waals surface area contributed by atoms with Gasteiger partial charge in [0.1, 0.15) is 13.7 Å². The molecule has 1 aliphatic rings. The Morgan fingerprint density at radius 1 is 1.34 bits per heavy atom. The van der Waals surface area contributed by atoms with Crippen LogP contribution in [0.15, 0.2) is 36.5 Å². The number of hydrogen-bond acceptors (Lipinski definition) is 5. The van der Waals surface area contributed by atoms with Gasteiger partial charge in [-0.15, -0.1) is 0 Å². The number of amides is 1. The molecule has 9 heteroatoms. The summed E-state index contributed by atoms with van der Waals surface area (Å²) in [5.41, 5.74) is 9.33. The summed E-state index contributed by atoms with van der Waals surface area (Å²) < 4.78 is 1.50. The lowest BCUT2D eigenvalue weighted by Gasteiger charge is -2.17. The van der Waals surface area contributed by atoms with E-state index in [-0.39, 0.29) is 23.7 Å². The standard InChI is InChI=1S/C23H22BN5O3/c1-3-14(10-15-7-5-4-6-13(15)2)17-11-26-29-20(25)18(24)19(27-21(17)29)16-8-9-28(12-16)22(30)23(31)32/h3-7,10-11,16H,2,8-9,12,25H2,1H3,(H,31,32)/b14-3+,15-10-. The zero-order chi connectivity index (χ0) is 23.0. The molecular weight excluding hydrogens is 405 g/mol. The van der Waals surface area contributed by atoms with E-state index in [4.69, 9.17) is 23.7 Å². The number of carboxylic acid groups (broad SMARTS) is 1. The van der Waals surface area contributed by atoms with Crippen molar-refractivity contribution in [3.05, 3.63) is 58.2 Å². The molecule has 3 heterocycles. The zero-order valence-corrected chi connectivity index (χ0v) is 17.7. The Morgan fingerprint density at radius 3 is 2.78 bits per heavy atom. The number of carboxylic acids is 1. The first-order valence-corrected chi connectivity index (χ1v) is 10.2. The molecule has 1 saturated heterocycles. The number of likely N-dealkylation sites (tertiary alicyclic amines) is 1. The predicted molar refractivity (Wildman–Crippen MR) is 124 cm³/mol. The molecule has 2 radical (unpaired) electrons. The van der Waals surface area contributed by atoms with Crippen LogP contribution in [-0.2, 0) is 9.59 Å². The number of aliphatic carboxylic acids is 1. The summed E-state index contributed by atoms with van der Waals surface area (Å²) >= 11 is 0. The molecule has 3 aromatic rings. The number of hydrogen-bond donors (Lipinski definition) is 2. The van der Waals surface area contributed by atoms with Gasteiger partial charge in [-0.3, -0.25) is 4.79 Å². The Bertz CT molecular complexity index is 1380. The van der Waals surface area contributed by atoms with Crippen molar-refractivity contribution in [2.75, 3.05) is 18.8 Å². The smallest absolute Gasteiger partial charge is 0.394 e. The summed E-state index contributed by atoms with van der Waals surface area (Å²) in [6.07, 6.45) is 6.21. The molecule has 1 aliphatic heterocycles. The van der Waals surface area contributed by atoms with Gasteiger partial charge in [0.15, 0.2) is 5.65 Å². The average Bonchev–Trinajstić information content (AvgIpc) is 3.42. The predicted octanol–water partition coefficient (Wildman–Crippen LogP) is -0.200. The van der Waals surface area contributed by atoms with E-state index in [1.165, 1.54) is 9.42 Å². The molecular formula is C23H22BN5O3. The molecule has 1 fully saturated rings. The number of carbonyl (C=O) groups excluding carboxylic acids is 1. The molecule has 3 N–H and O–H groups in total. The third-order valence-electron chi connectivity index (χ3n) is 5.78. The minimum atomic E-state index is -1.47. The van der Waals surface area contributed by atoms with Crippen LogP contribution in [0.3, 0.4) is 0 Å². The van der Waals surface area contributed by atoms with Crippen molar-refractivity contribution < 1.29 is 14.7 Å². The molecule has 0 saturated carbocycles. The lowest BCUT2D eigenvalue weighted by atomic mass is 9.88. The van der Waals surface area contributed by atoms with E-state index >= 15 is 0 Å². The maximum absolute atomic E-state index is 11.8. The van der Waals surface area contributed by atoms with Crippen molar-refractivity contribution in [3.8, 4) is 0 Å². The second kappa shape index (κ2) is 8.34. The van der Waals surface area contributed by atoms with Crippen LogP contribution in [0.2, 0.25) is 0 Å². The van der Waals surface area contributed by atoms with Crippen LogP contribution in [0.25, 0.3) is 23.9 Å². The number of anilines is 1. The second-order valence-corrected chi connectivity index (χ2v) is 7.72. The third kappa shape index (κ3) is 3.66. The Hall–Kier alpha value is -3.88. The second-order valence-electron chi connectivity index (χ2n) is 7.72. The fourth-order valence-electron chi connectivity index (χ4n) is 4.02. The molecule has 32 heavy (non-hydrogen) atoms. The minimum Gasteiger partial charge on any atom is -0.474 e. The van der Waals surface area contributed by atoms with E-state index in [1.807, 2.05) is 43.3 Å². The fourth-order valence-corrected chi connectivity index (χ4v) is 4.02. The van der Waals surface area contributed by atoms with Crippen molar-refractivity contribution in [1.29, 1.82) is 0 Å². The number of fused-ring (bicyclic) bond motifs is 1. The summed E-state index contributed by atoms with van der Waals surface area (Å²) in [5, 5.41) is 15.2. The normalized spacial score (nSPS) is 17.3. The van der Waals surface area contributed by atoms with E-state index in [1.54, 1.807) is 6.20 Å². The lowest BCUT2D eigenvalue weighted by Crippen LogP contribution is -2.35. The van der Waals surface area contributed by atoms with Gasteiger partial charge < -0.3 is 15.7 Å². The number of benzene rings is 1. The van der Waals surface area contributed by atoms with Crippen molar-refractivity contribution in [1.82, 2.24) is 19.5 Å². The van der Waals surface area contributed by atoms with Gasteiger partial charge in [-0.1, -0.05) is 36.9 Å². The van der Waals surface area contributed by atoms with Crippen LogP contribution >= 0.6 is 0 Å². The van der Waals surface area contributed by atoms with Gasteiger partial charge >= 0.3 is 11.9 Å². The summed E-state index contributed by atoms with van der Waals surface area (Å²) in [6, 6.07) is 7.80. The SMILES string of the molecule is [B]c1c(C2CCN(C(=O)C(=O)O)C2)nc2c(C(/C=c3/ccccc3=C)=C/C)cnn2c1N. The van der Waals surface area contributed by atoms with Crippen molar-refractivity contribution in [3.63, 3.8) is 0 Å². The topological polar surface area (TPSA) is 114 Å². The first kappa shape index (κ1) is 21.4. The number of nitrogens with two attached hydrogens (primary N) is 1. The average molecular weight is 427 g/mol. The molecule has 2 aromatic heterocycles. The number of aromatic nitrogens is 3. The van der Waals surface area contributed by atoms with Crippen molar-refractivity contribution >= 4 is 54.9 Å². The number of nitrogen functional groups attached to an aromatic ring is 1. The van der Waals surface area contributed by atoms with Gasteiger partial charge in [0.25, 0.3) is 0 Å². The molecule has 1 unspecified atom stereocenters. The summed E-state index contributed by atoms with van der Waals surface area (Å²) in [4.78, 5) is 29.0.